The van der Waals surface area contributed by atoms with Crippen molar-refractivity contribution in [2.24, 2.45) is 0 Å². The molecule has 0 N–H and O–H groups in total. The summed E-state index contributed by atoms with van der Waals surface area (Å²) in [6.45, 7) is 3.20. The fourth-order valence-corrected chi connectivity index (χ4v) is 3.07. The Labute approximate surface area is 106 Å². The second-order valence-electron chi connectivity index (χ2n) is 4.98. The van der Waals surface area contributed by atoms with Gasteiger partial charge in [-0.05, 0) is 25.1 Å². The van der Waals surface area contributed by atoms with Crippen molar-refractivity contribution in [2.75, 3.05) is 0 Å². The van der Waals surface area contributed by atoms with Crippen molar-refractivity contribution in [3.8, 4) is 11.3 Å². The largest absolute Gasteiger partial charge is 0.216 e. The van der Waals surface area contributed by atoms with Gasteiger partial charge in [-0.15, -0.1) is 0 Å². The average molecular weight is 232 g/mol. The molecule has 3 aromatic rings. The van der Waals surface area contributed by atoms with Crippen molar-refractivity contribution < 1.29 is 4.57 Å². The minimum atomic E-state index is 0.994. The summed E-state index contributed by atoms with van der Waals surface area (Å²) in [4.78, 5) is 0. The lowest BCUT2D eigenvalue weighted by atomic mass is 10.0. The second kappa shape index (κ2) is 3.42. The highest BCUT2D eigenvalue weighted by Crippen LogP contribution is 2.31. The molecule has 2 aromatic carbocycles. The molecular weight excluding hydrogens is 218 g/mol. The number of fused-ring (bicyclic) bond motifs is 5. The van der Waals surface area contributed by atoms with Crippen LogP contribution < -0.4 is 4.57 Å². The van der Waals surface area contributed by atoms with Crippen LogP contribution in [-0.4, -0.2) is 0 Å². The lowest BCUT2D eigenvalue weighted by molar-refractivity contribution is -0.646. The maximum absolute atomic E-state index is 2.44. The Morgan fingerprint density at radius 1 is 0.944 bits per heavy atom. The number of benzene rings is 2. The minimum Gasteiger partial charge on any atom is -0.187 e. The van der Waals surface area contributed by atoms with Gasteiger partial charge < -0.3 is 0 Å². The maximum Gasteiger partial charge on any atom is 0.216 e. The molecule has 18 heavy (non-hydrogen) atoms. The molecule has 1 heteroatoms. The summed E-state index contributed by atoms with van der Waals surface area (Å²) in [6.07, 6.45) is 0. The summed E-state index contributed by atoms with van der Waals surface area (Å²) < 4.78 is 2.44. The van der Waals surface area contributed by atoms with Gasteiger partial charge in [-0.25, -0.2) is 0 Å². The van der Waals surface area contributed by atoms with Crippen LogP contribution >= 0.6 is 0 Å². The molecule has 1 aliphatic heterocycles. The van der Waals surface area contributed by atoms with Gasteiger partial charge in [-0.3, -0.25) is 0 Å². The quantitative estimate of drug-likeness (QED) is 0.409. The first-order valence-corrected chi connectivity index (χ1v) is 6.35. The highest BCUT2D eigenvalue weighted by atomic mass is 15.0. The number of pyridine rings is 1. The molecule has 1 aromatic heterocycles. The molecule has 0 aliphatic carbocycles. The van der Waals surface area contributed by atoms with Crippen LogP contribution in [0.25, 0.3) is 22.2 Å². The zero-order valence-electron chi connectivity index (χ0n) is 10.4. The van der Waals surface area contributed by atoms with E-state index in [1.807, 2.05) is 0 Å². The summed E-state index contributed by atoms with van der Waals surface area (Å²) in [5.41, 5.74) is 6.88. The third kappa shape index (κ3) is 1.19. The maximum atomic E-state index is 2.44. The van der Waals surface area contributed by atoms with Crippen molar-refractivity contribution in [3.63, 3.8) is 0 Å². The van der Waals surface area contributed by atoms with Crippen LogP contribution in [0.5, 0.6) is 0 Å². The van der Waals surface area contributed by atoms with Crippen molar-refractivity contribution in [1.29, 1.82) is 0 Å². The van der Waals surface area contributed by atoms with Crippen LogP contribution in [0.1, 0.15) is 11.1 Å². The van der Waals surface area contributed by atoms with Crippen molar-refractivity contribution >= 4 is 10.9 Å². The van der Waals surface area contributed by atoms with Crippen LogP contribution in [0.2, 0.25) is 0 Å². The van der Waals surface area contributed by atoms with E-state index >= 15 is 0 Å². The van der Waals surface area contributed by atoms with Crippen LogP contribution in [0.4, 0.5) is 0 Å². The Morgan fingerprint density at radius 2 is 1.72 bits per heavy atom. The monoisotopic (exact) mass is 232 g/mol. The van der Waals surface area contributed by atoms with Gasteiger partial charge in [0.25, 0.3) is 0 Å². The predicted molar refractivity (Wildman–Crippen MR) is 73.4 cm³/mol. The molecule has 0 atom stereocenters. The van der Waals surface area contributed by atoms with Gasteiger partial charge in [-0.1, -0.05) is 30.3 Å². The number of nitrogens with zero attached hydrogens (tertiary/aromatic N) is 1. The number of hydrogen-bond donors (Lipinski definition) is 0. The molecular formula is C17H14N+. The van der Waals surface area contributed by atoms with Gasteiger partial charge in [0, 0.05) is 22.6 Å². The normalized spacial score (nSPS) is 12.5. The third-order valence-corrected chi connectivity index (χ3v) is 3.84. The Balaban J connectivity index is 2.16. The van der Waals surface area contributed by atoms with E-state index in [-0.39, 0.29) is 0 Å². The fourth-order valence-electron chi connectivity index (χ4n) is 3.07. The van der Waals surface area contributed by atoms with E-state index in [2.05, 4.69) is 66.1 Å². The molecule has 0 saturated carbocycles. The predicted octanol–water partition coefficient (Wildman–Crippen LogP) is 3.46. The van der Waals surface area contributed by atoms with Gasteiger partial charge in [0.2, 0.25) is 11.2 Å². The number of hydrogen-bond acceptors (Lipinski definition) is 0. The minimum absolute atomic E-state index is 0.994. The number of aromatic nitrogens is 1. The fraction of sp³-hybridized carbons (Fsp3) is 0.118. The van der Waals surface area contributed by atoms with E-state index in [1.165, 1.54) is 33.3 Å². The first kappa shape index (κ1) is 9.84. The third-order valence-electron chi connectivity index (χ3n) is 3.84. The molecule has 0 unspecified atom stereocenters. The SMILES string of the molecule is Cc1cc2ccccc2[n+]2c1-c1ccccc1C2. The first-order chi connectivity index (χ1) is 8.84. The molecule has 0 saturated heterocycles. The molecule has 0 fully saturated rings. The molecule has 2 heterocycles. The summed E-state index contributed by atoms with van der Waals surface area (Å²) in [7, 11) is 0. The summed E-state index contributed by atoms with van der Waals surface area (Å²) >= 11 is 0. The van der Waals surface area contributed by atoms with Crippen molar-refractivity contribution in [2.45, 2.75) is 13.5 Å². The smallest absolute Gasteiger partial charge is 0.187 e. The van der Waals surface area contributed by atoms with E-state index in [1.54, 1.807) is 0 Å². The van der Waals surface area contributed by atoms with E-state index in [4.69, 9.17) is 0 Å². The highest BCUT2D eigenvalue weighted by molar-refractivity contribution is 5.80. The number of para-hydroxylation sites is 1. The van der Waals surface area contributed by atoms with Gasteiger partial charge >= 0.3 is 0 Å². The molecule has 0 amide bonds. The van der Waals surface area contributed by atoms with E-state index in [9.17, 15) is 0 Å². The van der Waals surface area contributed by atoms with Crippen molar-refractivity contribution in [3.05, 3.63) is 65.7 Å². The summed E-state index contributed by atoms with van der Waals surface area (Å²) in [5.74, 6) is 0. The molecule has 4 rings (SSSR count). The van der Waals surface area contributed by atoms with Crippen LogP contribution in [0.15, 0.2) is 54.6 Å². The highest BCUT2D eigenvalue weighted by Gasteiger charge is 2.29. The van der Waals surface area contributed by atoms with Crippen LogP contribution in [-0.2, 0) is 6.54 Å². The topological polar surface area (TPSA) is 3.88 Å². The lowest BCUT2D eigenvalue weighted by Gasteiger charge is -2.02. The summed E-state index contributed by atoms with van der Waals surface area (Å²) in [6, 6.07) is 19.6. The van der Waals surface area contributed by atoms with E-state index in [0.29, 0.717) is 0 Å². The first-order valence-electron chi connectivity index (χ1n) is 6.35. The van der Waals surface area contributed by atoms with E-state index in [0.717, 1.165) is 6.54 Å². The van der Waals surface area contributed by atoms with E-state index < -0.39 is 0 Å². The summed E-state index contributed by atoms with van der Waals surface area (Å²) in [5, 5.41) is 1.33. The molecule has 1 nitrogen and oxygen atoms in total. The van der Waals surface area contributed by atoms with Gasteiger partial charge in [-0.2, -0.15) is 4.57 Å². The Kier molecular flexibility index (Phi) is 1.87. The molecule has 86 valence electrons. The number of rotatable bonds is 0. The molecule has 0 spiro atoms. The lowest BCUT2D eigenvalue weighted by Crippen LogP contribution is -2.34. The molecule has 0 radical (unpaired) electrons. The van der Waals surface area contributed by atoms with Crippen LogP contribution in [0.3, 0.4) is 0 Å². The van der Waals surface area contributed by atoms with Gasteiger partial charge in [0.1, 0.15) is 0 Å². The number of aryl methyl sites for hydroxylation is 1. The second-order valence-corrected chi connectivity index (χ2v) is 4.98. The Morgan fingerprint density at radius 3 is 2.67 bits per heavy atom. The average Bonchev–Trinajstić information content (AvgIpc) is 2.79. The van der Waals surface area contributed by atoms with Crippen LogP contribution in [0, 0.1) is 6.92 Å². The van der Waals surface area contributed by atoms with Gasteiger partial charge in [0.05, 0.1) is 5.56 Å². The molecule has 1 aliphatic rings. The Bertz CT molecular complexity index is 772. The standard InChI is InChI=1S/C17H14N/c1-12-10-13-6-3-5-9-16(13)18-11-14-7-2-4-8-15(14)17(12)18/h2-10H,11H2,1H3/q+1. The van der Waals surface area contributed by atoms with Crippen molar-refractivity contribution in [1.82, 2.24) is 0 Å². The Hall–Kier alpha value is -2.15. The molecule has 0 bridgehead atoms. The zero-order chi connectivity index (χ0) is 12.1. The van der Waals surface area contributed by atoms with Gasteiger partial charge in [0.15, 0.2) is 6.54 Å². The zero-order valence-corrected chi connectivity index (χ0v) is 10.4.